The first-order valence-electron chi connectivity index (χ1n) is 9.31. The lowest BCUT2D eigenvalue weighted by Gasteiger charge is -2.14. The Hall–Kier alpha value is -2.23. The van der Waals surface area contributed by atoms with Crippen molar-refractivity contribution in [3.63, 3.8) is 0 Å². The number of ether oxygens (including phenoxy) is 3. The number of guanidine groups is 1. The van der Waals surface area contributed by atoms with Crippen LogP contribution in [0.1, 0.15) is 25.8 Å². The summed E-state index contributed by atoms with van der Waals surface area (Å²) in [5.41, 5.74) is 1.92. The van der Waals surface area contributed by atoms with Gasteiger partial charge in [-0.1, -0.05) is 0 Å². The van der Waals surface area contributed by atoms with Crippen LogP contribution < -0.4 is 24.8 Å². The topological polar surface area (TPSA) is 77.0 Å². The number of fused-ring (bicyclic) bond motifs is 1. The van der Waals surface area contributed by atoms with Crippen LogP contribution in [0.15, 0.2) is 41.5 Å². The highest BCUT2D eigenvalue weighted by molar-refractivity contribution is 14.0. The van der Waals surface area contributed by atoms with Gasteiger partial charge in [0.05, 0.1) is 26.4 Å². The van der Waals surface area contributed by atoms with E-state index in [1.54, 1.807) is 6.20 Å². The van der Waals surface area contributed by atoms with Crippen LogP contribution in [0.4, 0.5) is 5.69 Å². The summed E-state index contributed by atoms with van der Waals surface area (Å²) >= 11 is 0. The molecule has 3 rings (SSSR count). The quantitative estimate of drug-likeness (QED) is 0.358. The van der Waals surface area contributed by atoms with Crippen LogP contribution in [-0.4, -0.2) is 37.3 Å². The monoisotopic (exact) mass is 498 g/mol. The first-order chi connectivity index (χ1) is 13.3. The van der Waals surface area contributed by atoms with E-state index >= 15 is 0 Å². The number of pyridine rings is 1. The van der Waals surface area contributed by atoms with Gasteiger partial charge < -0.3 is 24.8 Å². The van der Waals surface area contributed by atoms with Crippen molar-refractivity contribution >= 4 is 35.6 Å². The van der Waals surface area contributed by atoms with E-state index in [2.05, 4.69) is 20.6 Å². The number of rotatable bonds is 6. The van der Waals surface area contributed by atoms with Crippen molar-refractivity contribution in [3.05, 3.63) is 42.1 Å². The molecule has 1 aromatic heterocycles. The number of halogens is 1. The van der Waals surface area contributed by atoms with Gasteiger partial charge in [0.15, 0.2) is 17.5 Å². The number of anilines is 1. The Kier molecular flexibility index (Phi) is 9.12. The fraction of sp³-hybridized carbons (Fsp3) is 0.400. The van der Waals surface area contributed by atoms with Crippen LogP contribution in [0, 0.1) is 0 Å². The fourth-order valence-corrected chi connectivity index (χ4v) is 2.63. The third-order valence-electron chi connectivity index (χ3n) is 3.87. The van der Waals surface area contributed by atoms with Gasteiger partial charge in [0.2, 0.25) is 5.88 Å². The van der Waals surface area contributed by atoms with Crippen LogP contribution in [0.3, 0.4) is 0 Å². The van der Waals surface area contributed by atoms with E-state index in [0.29, 0.717) is 38.2 Å². The number of hydrogen-bond acceptors (Lipinski definition) is 5. The van der Waals surface area contributed by atoms with Gasteiger partial charge in [0, 0.05) is 37.0 Å². The molecule has 152 valence electrons. The molecule has 0 fully saturated rings. The summed E-state index contributed by atoms with van der Waals surface area (Å²) in [6.45, 7) is 7.18. The molecule has 0 atom stereocenters. The molecule has 28 heavy (non-hydrogen) atoms. The number of nitrogens with one attached hydrogen (secondary N) is 2. The van der Waals surface area contributed by atoms with Gasteiger partial charge >= 0.3 is 0 Å². The van der Waals surface area contributed by atoms with Gasteiger partial charge in [0.25, 0.3) is 0 Å². The molecule has 0 unspecified atom stereocenters. The molecule has 2 aromatic rings. The maximum atomic E-state index is 5.75. The highest BCUT2D eigenvalue weighted by atomic mass is 127. The van der Waals surface area contributed by atoms with Gasteiger partial charge in [-0.3, -0.25) is 0 Å². The van der Waals surface area contributed by atoms with E-state index in [9.17, 15) is 0 Å². The zero-order chi connectivity index (χ0) is 18.9. The van der Waals surface area contributed by atoms with Crippen LogP contribution in [0.5, 0.6) is 17.4 Å². The minimum atomic E-state index is 0. The summed E-state index contributed by atoms with van der Waals surface area (Å²) in [7, 11) is 0. The molecular weight excluding hydrogens is 471 g/mol. The molecule has 0 aliphatic carbocycles. The molecule has 1 aromatic carbocycles. The SMILES string of the molecule is CCNC(=NCc1ccnc(OCC)c1)Nc1ccc2c(c1)OCCCO2.I. The molecule has 0 spiro atoms. The second-order valence-corrected chi connectivity index (χ2v) is 5.97. The van der Waals surface area contributed by atoms with Crippen molar-refractivity contribution in [2.75, 3.05) is 31.7 Å². The van der Waals surface area contributed by atoms with E-state index in [-0.39, 0.29) is 24.0 Å². The van der Waals surface area contributed by atoms with Gasteiger partial charge in [0.1, 0.15) is 0 Å². The largest absolute Gasteiger partial charge is 0.490 e. The van der Waals surface area contributed by atoms with E-state index in [4.69, 9.17) is 14.2 Å². The van der Waals surface area contributed by atoms with Gasteiger partial charge in [-0.15, -0.1) is 24.0 Å². The molecule has 0 amide bonds. The van der Waals surface area contributed by atoms with E-state index in [1.807, 2.05) is 44.2 Å². The van der Waals surface area contributed by atoms with Gasteiger partial charge in [-0.25, -0.2) is 9.98 Å². The van der Waals surface area contributed by atoms with Crippen LogP contribution in [0.25, 0.3) is 0 Å². The fourth-order valence-electron chi connectivity index (χ4n) is 2.63. The maximum Gasteiger partial charge on any atom is 0.213 e. The molecule has 0 bridgehead atoms. The lowest BCUT2D eigenvalue weighted by molar-refractivity contribution is 0.297. The molecule has 8 heteroatoms. The Balaban J connectivity index is 0.00000280. The summed E-state index contributed by atoms with van der Waals surface area (Å²) in [5, 5.41) is 6.57. The third kappa shape index (κ3) is 6.43. The molecule has 7 nitrogen and oxygen atoms in total. The number of nitrogens with zero attached hydrogens (tertiary/aromatic N) is 2. The van der Waals surface area contributed by atoms with Crippen molar-refractivity contribution in [1.29, 1.82) is 0 Å². The smallest absolute Gasteiger partial charge is 0.213 e. The van der Waals surface area contributed by atoms with E-state index < -0.39 is 0 Å². The Morgan fingerprint density at radius 2 is 1.96 bits per heavy atom. The lowest BCUT2D eigenvalue weighted by atomic mass is 10.2. The second-order valence-electron chi connectivity index (χ2n) is 5.97. The summed E-state index contributed by atoms with van der Waals surface area (Å²) < 4.78 is 16.9. The molecule has 0 saturated carbocycles. The van der Waals surface area contributed by atoms with Gasteiger partial charge in [-0.2, -0.15) is 0 Å². The molecule has 2 heterocycles. The predicted octanol–water partition coefficient (Wildman–Crippen LogP) is 3.84. The van der Waals surface area contributed by atoms with Crippen LogP contribution >= 0.6 is 24.0 Å². The van der Waals surface area contributed by atoms with Crippen LogP contribution in [0.2, 0.25) is 0 Å². The normalized spacial score (nSPS) is 13.1. The third-order valence-corrected chi connectivity index (χ3v) is 3.87. The van der Waals surface area contributed by atoms with Crippen molar-refractivity contribution in [2.45, 2.75) is 26.8 Å². The summed E-state index contributed by atoms with van der Waals surface area (Å²) in [5.74, 6) is 2.84. The standard InChI is InChI=1S/C20H26N4O3.HI/c1-3-21-20(23-14-15-8-9-22-19(12-15)25-4-2)24-16-6-7-17-18(13-16)27-11-5-10-26-17;/h6-9,12-13H,3-5,10-11,14H2,1-2H3,(H2,21,23,24);1H. The summed E-state index contributed by atoms with van der Waals surface area (Å²) in [6, 6.07) is 9.66. The molecule has 0 radical (unpaired) electrons. The zero-order valence-corrected chi connectivity index (χ0v) is 18.6. The minimum absolute atomic E-state index is 0. The average molecular weight is 498 g/mol. The van der Waals surface area contributed by atoms with Crippen molar-refractivity contribution in [3.8, 4) is 17.4 Å². The number of aliphatic imine (C=N–C) groups is 1. The maximum absolute atomic E-state index is 5.75. The van der Waals surface area contributed by atoms with Crippen molar-refractivity contribution in [1.82, 2.24) is 10.3 Å². The molecule has 2 N–H and O–H groups in total. The summed E-state index contributed by atoms with van der Waals surface area (Å²) in [4.78, 5) is 8.83. The molecule has 0 saturated heterocycles. The number of benzene rings is 1. The van der Waals surface area contributed by atoms with Crippen molar-refractivity contribution < 1.29 is 14.2 Å². The summed E-state index contributed by atoms with van der Waals surface area (Å²) in [6.07, 6.45) is 2.62. The van der Waals surface area contributed by atoms with Crippen LogP contribution in [-0.2, 0) is 6.54 Å². The highest BCUT2D eigenvalue weighted by Crippen LogP contribution is 2.32. The Morgan fingerprint density at radius 1 is 1.14 bits per heavy atom. The van der Waals surface area contributed by atoms with Gasteiger partial charge in [-0.05, 0) is 37.6 Å². The minimum Gasteiger partial charge on any atom is -0.490 e. The predicted molar refractivity (Wildman–Crippen MR) is 121 cm³/mol. The average Bonchev–Trinajstić information content (AvgIpc) is 2.92. The highest BCUT2D eigenvalue weighted by Gasteiger charge is 2.11. The Labute approximate surface area is 182 Å². The lowest BCUT2D eigenvalue weighted by Crippen LogP contribution is -2.30. The first-order valence-corrected chi connectivity index (χ1v) is 9.31. The molecule has 1 aliphatic rings. The Bertz CT molecular complexity index is 786. The van der Waals surface area contributed by atoms with Crippen molar-refractivity contribution in [2.24, 2.45) is 4.99 Å². The molecule has 1 aliphatic heterocycles. The number of hydrogen-bond donors (Lipinski definition) is 2. The molecular formula is C20H27IN4O3. The number of aromatic nitrogens is 1. The zero-order valence-electron chi connectivity index (χ0n) is 16.2. The first kappa shape index (κ1) is 22.1. The van der Waals surface area contributed by atoms with E-state index in [0.717, 1.165) is 35.7 Å². The Morgan fingerprint density at radius 3 is 2.75 bits per heavy atom. The van der Waals surface area contributed by atoms with E-state index in [1.165, 1.54) is 0 Å². The second kappa shape index (κ2) is 11.6.